The highest BCUT2D eigenvalue weighted by Crippen LogP contribution is 2.36. The van der Waals surface area contributed by atoms with E-state index >= 15 is 0 Å². The van der Waals surface area contributed by atoms with Crippen LogP contribution in [0.25, 0.3) is 11.0 Å². The van der Waals surface area contributed by atoms with E-state index in [9.17, 15) is 0 Å². The summed E-state index contributed by atoms with van der Waals surface area (Å²) in [7, 11) is 5.57. The Balaban J connectivity index is 1.45. The first-order chi connectivity index (χ1) is 13.2. The monoisotopic (exact) mass is 365 g/mol. The van der Waals surface area contributed by atoms with Gasteiger partial charge in [-0.05, 0) is 62.2 Å². The molecule has 0 bridgehead atoms. The Morgan fingerprint density at radius 1 is 1.04 bits per heavy atom. The molecular formula is C22H27N3O2. The minimum atomic E-state index is 0.506. The molecule has 0 spiro atoms. The number of aryl methyl sites for hydroxylation is 1. The minimum absolute atomic E-state index is 0.506. The molecule has 0 N–H and O–H groups in total. The van der Waals surface area contributed by atoms with E-state index in [1.807, 2.05) is 18.2 Å². The highest BCUT2D eigenvalue weighted by atomic mass is 16.5. The molecule has 3 aromatic rings. The van der Waals surface area contributed by atoms with E-state index in [0.29, 0.717) is 5.92 Å². The molecule has 5 heteroatoms. The van der Waals surface area contributed by atoms with Crippen molar-refractivity contribution in [1.82, 2.24) is 14.5 Å². The van der Waals surface area contributed by atoms with Gasteiger partial charge in [-0.3, -0.25) is 4.90 Å². The first-order valence-corrected chi connectivity index (χ1v) is 9.54. The highest BCUT2D eigenvalue weighted by molar-refractivity contribution is 5.75. The van der Waals surface area contributed by atoms with E-state index in [-0.39, 0.29) is 0 Å². The van der Waals surface area contributed by atoms with Crippen LogP contribution in [-0.2, 0) is 13.6 Å². The zero-order valence-corrected chi connectivity index (χ0v) is 16.3. The number of aromatic nitrogens is 2. The summed E-state index contributed by atoms with van der Waals surface area (Å²) < 4.78 is 13.2. The van der Waals surface area contributed by atoms with Crippen molar-refractivity contribution in [2.75, 3.05) is 27.3 Å². The summed E-state index contributed by atoms with van der Waals surface area (Å²) in [5.41, 5.74) is 3.54. The van der Waals surface area contributed by atoms with E-state index in [2.05, 4.69) is 40.8 Å². The van der Waals surface area contributed by atoms with E-state index in [1.54, 1.807) is 14.2 Å². The van der Waals surface area contributed by atoms with E-state index < -0.39 is 0 Å². The summed E-state index contributed by atoms with van der Waals surface area (Å²) >= 11 is 0. The number of para-hydroxylation sites is 2. The van der Waals surface area contributed by atoms with Gasteiger partial charge in [-0.2, -0.15) is 0 Å². The SMILES string of the molecule is COc1ccc(OC)c(C2CCN(Cc3nc4ccccc4n3C)CC2)c1. The summed E-state index contributed by atoms with van der Waals surface area (Å²) in [6.07, 6.45) is 2.24. The van der Waals surface area contributed by atoms with Crippen molar-refractivity contribution in [3.8, 4) is 11.5 Å². The molecule has 1 aromatic heterocycles. The van der Waals surface area contributed by atoms with Gasteiger partial charge in [0.2, 0.25) is 0 Å². The van der Waals surface area contributed by atoms with E-state index in [0.717, 1.165) is 55.3 Å². The smallest absolute Gasteiger partial charge is 0.123 e. The maximum atomic E-state index is 5.59. The average molecular weight is 365 g/mol. The third kappa shape index (κ3) is 3.52. The van der Waals surface area contributed by atoms with Crippen molar-refractivity contribution in [3.63, 3.8) is 0 Å². The van der Waals surface area contributed by atoms with Crippen molar-refractivity contribution < 1.29 is 9.47 Å². The zero-order chi connectivity index (χ0) is 18.8. The molecule has 2 heterocycles. The molecular weight excluding hydrogens is 338 g/mol. The molecule has 27 heavy (non-hydrogen) atoms. The number of piperidine rings is 1. The van der Waals surface area contributed by atoms with Crippen LogP contribution in [0.15, 0.2) is 42.5 Å². The molecule has 1 aliphatic heterocycles. The lowest BCUT2D eigenvalue weighted by atomic mass is 9.88. The van der Waals surface area contributed by atoms with Crippen molar-refractivity contribution in [1.29, 1.82) is 0 Å². The molecule has 4 rings (SSSR count). The van der Waals surface area contributed by atoms with Crippen LogP contribution in [-0.4, -0.2) is 41.8 Å². The third-order valence-electron chi connectivity index (χ3n) is 5.71. The second-order valence-electron chi connectivity index (χ2n) is 7.23. The molecule has 0 atom stereocenters. The fourth-order valence-corrected chi connectivity index (χ4v) is 4.10. The molecule has 1 fully saturated rings. The standard InChI is InChI=1S/C22H27N3O2/c1-24-20-7-5-4-6-19(20)23-22(24)15-25-12-10-16(11-13-25)18-14-17(26-2)8-9-21(18)27-3/h4-9,14,16H,10-13,15H2,1-3H3. The first kappa shape index (κ1) is 17.9. The van der Waals surface area contributed by atoms with Crippen LogP contribution in [0.4, 0.5) is 0 Å². The fraction of sp³-hybridized carbons (Fsp3) is 0.409. The van der Waals surface area contributed by atoms with Gasteiger partial charge < -0.3 is 14.0 Å². The lowest BCUT2D eigenvalue weighted by Gasteiger charge is -2.32. The number of imidazole rings is 1. The Kier molecular flexibility index (Phi) is 5.03. The van der Waals surface area contributed by atoms with Gasteiger partial charge in [-0.1, -0.05) is 12.1 Å². The largest absolute Gasteiger partial charge is 0.497 e. The molecule has 1 saturated heterocycles. The van der Waals surface area contributed by atoms with Gasteiger partial charge in [0, 0.05) is 12.6 Å². The molecule has 0 amide bonds. The summed E-state index contributed by atoms with van der Waals surface area (Å²) in [6, 6.07) is 14.4. The lowest BCUT2D eigenvalue weighted by Crippen LogP contribution is -2.33. The summed E-state index contributed by atoms with van der Waals surface area (Å²) in [4.78, 5) is 7.32. The van der Waals surface area contributed by atoms with Crippen LogP contribution in [0.5, 0.6) is 11.5 Å². The van der Waals surface area contributed by atoms with Gasteiger partial charge in [0.1, 0.15) is 17.3 Å². The number of ether oxygens (including phenoxy) is 2. The lowest BCUT2D eigenvalue weighted by molar-refractivity contribution is 0.197. The van der Waals surface area contributed by atoms with Gasteiger partial charge in [0.25, 0.3) is 0 Å². The van der Waals surface area contributed by atoms with Crippen molar-refractivity contribution in [2.24, 2.45) is 7.05 Å². The van der Waals surface area contributed by atoms with Gasteiger partial charge in [-0.15, -0.1) is 0 Å². The third-order valence-corrected chi connectivity index (χ3v) is 5.71. The Morgan fingerprint density at radius 2 is 1.81 bits per heavy atom. The zero-order valence-electron chi connectivity index (χ0n) is 16.3. The van der Waals surface area contributed by atoms with Gasteiger partial charge in [-0.25, -0.2) is 4.98 Å². The normalized spacial score (nSPS) is 16.0. The first-order valence-electron chi connectivity index (χ1n) is 9.54. The van der Waals surface area contributed by atoms with Gasteiger partial charge in [0.15, 0.2) is 0 Å². The summed E-state index contributed by atoms with van der Waals surface area (Å²) in [5.74, 6) is 3.50. The van der Waals surface area contributed by atoms with Gasteiger partial charge >= 0.3 is 0 Å². The molecule has 0 radical (unpaired) electrons. The number of benzene rings is 2. The number of nitrogens with zero attached hydrogens (tertiary/aromatic N) is 3. The average Bonchev–Trinajstić information content (AvgIpc) is 3.04. The van der Waals surface area contributed by atoms with Crippen LogP contribution >= 0.6 is 0 Å². The topological polar surface area (TPSA) is 39.5 Å². The predicted octanol–water partition coefficient (Wildman–Crippen LogP) is 3.97. The second-order valence-corrected chi connectivity index (χ2v) is 7.23. The molecule has 142 valence electrons. The van der Waals surface area contributed by atoms with Crippen molar-refractivity contribution in [3.05, 3.63) is 53.9 Å². The van der Waals surface area contributed by atoms with E-state index in [4.69, 9.17) is 14.5 Å². The fourth-order valence-electron chi connectivity index (χ4n) is 4.10. The Labute approximate surface area is 160 Å². The molecule has 0 saturated carbocycles. The predicted molar refractivity (Wildman–Crippen MR) is 108 cm³/mol. The van der Waals surface area contributed by atoms with Crippen LogP contribution < -0.4 is 9.47 Å². The Morgan fingerprint density at radius 3 is 2.52 bits per heavy atom. The maximum absolute atomic E-state index is 5.59. The molecule has 5 nitrogen and oxygen atoms in total. The van der Waals surface area contributed by atoms with E-state index in [1.165, 1.54) is 11.1 Å². The maximum Gasteiger partial charge on any atom is 0.123 e. The van der Waals surface area contributed by atoms with Crippen LogP contribution in [0.2, 0.25) is 0 Å². The molecule has 0 aliphatic carbocycles. The van der Waals surface area contributed by atoms with Crippen molar-refractivity contribution in [2.45, 2.75) is 25.3 Å². The second kappa shape index (κ2) is 7.61. The number of hydrogen-bond acceptors (Lipinski definition) is 4. The minimum Gasteiger partial charge on any atom is -0.497 e. The van der Waals surface area contributed by atoms with Crippen LogP contribution in [0.1, 0.15) is 30.1 Å². The number of fused-ring (bicyclic) bond motifs is 1. The molecule has 2 aromatic carbocycles. The highest BCUT2D eigenvalue weighted by Gasteiger charge is 2.24. The van der Waals surface area contributed by atoms with Crippen LogP contribution in [0, 0.1) is 0 Å². The quantitative estimate of drug-likeness (QED) is 0.686. The summed E-state index contributed by atoms with van der Waals surface area (Å²) in [5, 5.41) is 0. The number of likely N-dealkylation sites (tertiary alicyclic amines) is 1. The molecule has 0 unspecified atom stereocenters. The number of rotatable bonds is 5. The number of methoxy groups -OCH3 is 2. The Hall–Kier alpha value is -2.53. The molecule has 1 aliphatic rings. The van der Waals surface area contributed by atoms with Gasteiger partial charge in [0.05, 0.1) is 31.8 Å². The number of hydrogen-bond donors (Lipinski definition) is 0. The summed E-state index contributed by atoms with van der Waals surface area (Å²) in [6.45, 7) is 3.02. The Bertz CT molecular complexity index is 926. The van der Waals surface area contributed by atoms with Crippen LogP contribution in [0.3, 0.4) is 0 Å². The van der Waals surface area contributed by atoms with Crippen molar-refractivity contribution >= 4 is 11.0 Å².